The Kier molecular flexibility index (Phi) is 7.38. The molecule has 0 aliphatic carbocycles. The van der Waals surface area contributed by atoms with E-state index in [0.29, 0.717) is 28.2 Å². The Bertz CT molecular complexity index is 1160. The number of carbonyl (C=O) groups excluding carboxylic acids is 1. The van der Waals surface area contributed by atoms with Gasteiger partial charge in [0.05, 0.1) is 12.4 Å². The third-order valence-electron chi connectivity index (χ3n) is 5.41. The van der Waals surface area contributed by atoms with Gasteiger partial charge in [-0.05, 0) is 24.3 Å². The van der Waals surface area contributed by atoms with Crippen molar-refractivity contribution in [1.29, 1.82) is 0 Å². The number of ether oxygens (including phenoxy) is 1. The number of fused-ring (bicyclic) bond motifs is 1. The highest BCUT2D eigenvalue weighted by molar-refractivity contribution is 7.99. The van der Waals surface area contributed by atoms with Crippen molar-refractivity contribution < 1.29 is 29.6 Å². The van der Waals surface area contributed by atoms with Crippen molar-refractivity contribution in [3.8, 4) is 0 Å². The normalized spacial score (nSPS) is 23.1. The average molecular weight is 489 g/mol. The van der Waals surface area contributed by atoms with Crippen LogP contribution in [0.2, 0.25) is 0 Å². The van der Waals surface area contributed by atoms with Crippen LogP contribution in [0.5, 0.6) is 0 Å². The first-order valence-corrected chi connectivity index (χ1v) is 11.6. The fourth-order valence-corrected chi connectivity index (χ4v) is 4.62. The van der Waals surface area contributed by atoms with E-state index < -0.39 is 36.6 Å². The Morgan fingerprint density at radius 1 is 1.18 bits per heavy atom. The van der Waals surface area contributed by atoms with Gasteiger partial charge in [0.15, 0.2) is 23.2 Å². The lowest BCUT2D eigenvalue weighted by Crippen LogP contribution is -2.33. The number of carbonyl (C=O) groups is 2. The van der Waals surface area contributed by atoms with E-state index in [2.05, 4.69) is 20.3 Å². The molecule has 34 heavy (non-hydrogen) atoms. The van der Waals surface area contributed by atoms with Gasteiger partial charge in [-0.2, -0.15) is 11.8 Å². The lowest BCUT2D eigenvalue weighted by Gasteiger charge is -2.16. The number of imidazole rings is 1. The summed E-state index contributed by atoms with van der Waals surface area (Å²) in [5, 5.41) is 32.6. The van der Waals surface area contributed by atoms with Gasteiger partial charge >= 0.3 is 5.97 Å². The highest BCUT2D eigenvalue weighted by Crippen LogP contribution is 2.33. The maximum absolute atomic E-state index is 12.5. The molecule has 180 valence electrons. The molecule has 0 saturated carbocycles. The van der Waals surface area contributed by atoms with Gasteiger partial charge in [0, 0.05) is 11.3 Å². The number of aliphatic hydroxyl groups excluding tert-OH is 2. The molecular weight excluding hydrogens is 464 g/mol. The average Bonchev–Trinajstić information content (AvgIpc) is 3.39. The van der Waals surface area contributed by atoms with Crippen molar-refractivity contribution >= 4 is 40.6 Å². The van der Waals surface area contributed by atoms with E-state index in [4.69, 9.17) is 15.6 Å². The quantitative estimate of drug-likeness (QED) is 0.260. The van der Waals surface area contributed by atoms with Crippen LogP contribution in [-0.2, 0) is 9.53 Å². The van der Waals surface area contributed by atoms with E-state index >= 15 is 0 Å². The summed E-state index contributed by atoms with van der Waals surface area (Å²) >= 11 is 1.37. The van der Waals surface area contributed by atoms with Crippen molar-refractivity contribution in [2.45, 2.75) is 37.0 Å². The molecule has 1 saturated heterocycles. The fraction of sp³-hybridized carbons (Fsp3) is 0.381. The summed E-state index contributed by atoms with van der Waals surface area (Å²) in [5.74, 6) is -0.426. The third kappa shape index (κ3) is 5.03. The minimum absolute atomic E-state index is 0.201. The number of benzene rings is 1. The molecule has 3 heterocycles. The lowest BCUT2D eigenvalue weighted by atomic mass is 10.1. The van der Waals surface area contributed by atoms with Gasteiger partial charge < -0.3 is 31.1 Å². The number of hydrogen-bond donors (Lipinski definition) is 5. The number of rotatable bonds is 9. The summed E-state index contributed by atoms with van der Waals surface area (Å²) in [6.45, 7) is 0. The van der Waals surface area contributed by atoms with Crippen molar-refractivity contribution in [2.24, 2.45) is 5.73 Å². The van der Waals surface area contributed by atoms with Crippen LogP contribution in [0, 0.1) is 0 Å². The number of aromatic nitrogens is 4. The summed E-state index contributed by atoms with van der Waals surface area (Å²) in [6, 6.07) is 7.69. The number of anilines is 1. The van der Waals surface area contributed by atoms with E-state index in [9.17, 15) is 19.8 Å². The summed E-state index contributed by atoms with van der Waals surface area (Å²) in [5.41, 5.74) is 6.57. The van der Waals surface area contributed by atoms with Gasteiger partial charge in [0.1, 0.15) is 24.6 Å². The first-order valence-electron chi connectivity index (χ1n) is 10.5. The van der Waals surface area contributed by atoms with Crippen LogP contribution >= 0.6 is 11.8 Å². The first kappa shape index (κ1) is 24.0. The molecule has 12 nitrogen and oxygen atoms in total. The molecule has 1 aliphatic rings. The Morgan fingerprint density at radius 2 is 1.94 bits per heavy atom. The molecule has 6 N–H and O–H groups in total. The molecule has 0 unspecified atom stereocenters. The zero-order valence-corrected chi connectivity index (χ0v) is 18.7. The van der Waals surface area contributed by atoms with Gasteiger partial charge in [-0.1, -0.05) is 18.2 Å². The monoisotopic (exact) mass is 488 g/mol. The molecule has 5 atom stereocenters. The molecule has 1 aromatic carbocycles. The minimum Gasteiger partial charge on any atom is -0.480 e. The molecule has 0 bridgehead atoms. The highest BCUT2D eigenvalue weighted by Gasteiger charge is 2.44. The number of amides is 1. The van der Waals surface area contributed by atoms with Gasteiger partial charge in [0.25, 0.3) is 5.91 Å². The zero-order chi connectivity index (χ0) is 24.2. The number of thioether (sulfide) groups is 1. The number of hydrogen-bond acceptors (Lipinski definition) is 10. The Hall–Kier alpha value is -3.10. The van der Waals surface area contributed by atoms with E-state index in [1.54, 1.807) is 30.3 Å². The van der Waals surface area contributed by atoms with Crippen LogP contribution in [0.25, 0.3) is 11.2 Å². The topological polar surface area (TPSA) is 186 Å². The van der Waals surface area contributed by atoms with Crippen molar-refractivity contribution in [1.82, 2.24) is 19.5 Å². The van der Waals surface area contributed by atoms with Crippen LogP contribution in [0.15, 0.2) is 43.0 Å². The van der Waals surface area contributed by atoms with Crippen molar-refractivity contribution in [3.63, 3.8) is 0 Å². The number of nitrogens with zero attached hydrogens (tertiary/aromatic N) is 4. The Morgan fingerprint density at radius 3 is 2.68 bits per heavy atom. The molecular formula is C21H24N6O6S. The van der Waals surface area contributed by atoms with Crippen LogP contribution in [-0.4, -0.2) is 82.6 Å². The van der Waals surface area contributed by atoms with Crippen LogP contribution < -0.4 is 11.1 Å². The molecule has 1 amide bonds. The zero-order valence-electron chi connectivity index (χ0n) is 17.9. The van der Waals surface area contributed by atoms with Crippen LogP contribution in [0.1, 0.15) is 23.0 Å². The summed E-state index contributed by atoms with van der Waals surface area (Å²) < 4.78 is 7.37. The molecule has 1 fully saturated rings. The molecule has 3 aromatic rings. The summed E-state index contributed by atoms with van der Waals surface area (Å²) in [6.07, 6.45) is -1.13. The third-order valence-corrected chi connectivity index (χ3v) is 6.50. The van der Waals surface area contributed by atoms with Crippen LogP contribution in [0.3, 0.4) is 0 Å². The number of carboxylic acid groups (broad SMARTS) is 1. The van der Waals surface area contributed by atoms with Gasteiger partial charge in [-0.25, -0.2) is 15.0 Å². The number of aliphatic carboxylic acids is 1. The second kappa shape index (κ2) is 10.4. The maximum atomic E-state index is 12.5. The molecule has 0 spiro atoms. The van der Waals surface area contributed by atoms with E-state index in [-0.39, 0.29) is 18.1 Å². The lowest BCUT2D eigenvalue weighted by molar-refractivity contribution is -0.138. The van der Waals surface area contributed by atoms with Gasteiger partial charge in [0.2, 0.25) is 0 Å². The van der Waals surface area contributed by atoms with Gasteiger partial charge in [-0.3, -0.25) is 14.2 Å². The Labute approximate surface area is 198 Å². The predicted octanol–water partition coefficient (Wildman–Crippen LogP) is 0.233. The molecule has 13 heteroatoms. The second-order valence-corrected chi connectivity index (χ2v) is 8.87. The Balaban J connectivity index is 1.45. The standard InChI is InChI=1S/C21H24N6O6S/c22-12(21(31)32)6-7-34-8-13-15(28)16(29)20(33-13)27-10-25-14-17(23-9-24-18(14)27)26-19(30)11-4-2-1-3-5-11/h1-5,9-10,12-13,15-16,20,28-29H,6-8,22H2,(H,31,32)(H,23,24,26,30)/t12-,13+,15+,16+,20+/m0/s1. The minimum atomic E-state index is -1.25. The smallest absolute Gasteiger partial charge is 0.320 e. The molecule has 1 aliphatic heterocycles. The number of nitrogens with two attached hydrogens (primary N) is 1. The van der Waals surface area contributed by atoms with E-state index in [1.165, 1.54) is 29.0 Å². The molecule has 4 rings (SSSR count). The van der Waals surface area contributed by atoms with Crippen LogP contribution in [0.4, 0.5) is 5.82 Å². The summed E-state index contributed by atoms with van der Waals surface area (Å²) in [7, 11) is 0. The molecule has 0 radical (unpaired) electrons. The van der Waals surface area contributed by atoms with Crippen molar-refractivity contribution in [2.75, 3.05) is 16.8 Å². The van der Waals surface area contributed by atoms with E-state index in [0.717, 1.165) is 0 Å². The SMILES string of the molecule is N[C@@H](CCSC[C@H]1O[C@@H](n2cnc3c(NC(=O)c4ccccc4)ncnc32)[C@H](O)[C@@H]1O)C(=O)O. The highest BCUT2D eigenvalue weighted by atomic mass is 32.2. The number of aliphatic hydroxyl groups is 2. The fourth-order valence-electron chi connectivity index (χ4n) is 3.53. The molecule has 2 aromatic heterocycles. The largest absolute Gasteiger partial charge is 0.480 e. The predicted molar refractivity (Wildman–Crippen MR) is 123 cm³/mol. The number of nitrogens with one attached hydrogen (secondary N) is 1. The van der Waals surface area contributed by atoms with Gasteiger partial charge in [-0.15, -0.1) is 0 Å². The first-order chi connectivity index (χ1) is 16.4. The number of carboxylic acids is 1. The maximum Gasteiger partial charge on any atom is 0.320 e. The summed E-state index contributed by atoms with van der Waals surface area (Å²) in [4.78, 5) is 35.9. The van der Waals surface area contributed by atoms with E-state index in [1.807, 2.05) is 0 Å². The van der Waals surface area contributed by atoms with Crippen molar-refractivity contribution in [3.05, 3.63) is 48.5 Å². The second-order valence-electron chi connectivity index (χ2n) is 7.72.